The molecule has 20 heavy (non-hydrogen) atoms. The molecule has 0 atom stereocenters. The van der Waals surface area contributed by atoms with Gasteiger partial charge in [0.1, 0.15) is 6.54 Å². The maximum absolute atomic E-state index is 11.9. The van der Waals surface area contributed by atoms with Crippen LogP contribution in [0, 0.1) is 0 Å². The summed E-state index contributed by atoms with van der Waals surface area (Å²) in [5, 5.41) is 0. The minimum Gasteiger partial charge on any atom is -0.468 e. The largest absolute Gasteiger partial charge is 0.468 e. The fourth-order valence-electron chi connectivity index (χ4n) is 1.68. The van der Waals surface area contributed by atoms with Gasteiger partial charge in [-0.05, 0) is 24.7 Å². The number of hydrogen-bond donors (Lipinski definition) is 0. The number of benzene rings is 1. The smallest absolute Gasteiger partial charge is 0.325 e. The summed E-state index contributed by atoms with van der Waals surface area (Å²) in [4.78, 5) is 24.6. The van der Waals surface area contributed by atoms with Gasteiger partial charge < -0.3 is 9.64 Å². The first kappa shape index (κ1) is 16.6. The zero-order valence-electron chi connectivity index (χ0n) is 12.0. The van der Waals surface area contributed by atoms with Crippen LogP contribution in [0.1, 0.15) is 12.5 Å². The van der Waals surface area contributed by atoms with Crippen molar-refractivity contribution in [1.82, 2.24) is 4.90 Å². The highest BCUT2D eigenvalue weighted by atomic mass is 32.2. The first-order chi connectivity index (χ1) is 9.67. The Kier molecular flexibility index (Phi) is 7.80. The number of rotatable bonds is 8. The van der Waals surface area contributed by atoms with Crippen LogP contribution in [-0.2, 0) is 20.7 Å². The molecule has 0 saturated heterocycles. The maximum Gasteiger partial charge on any atom is 0.325 e. The second-order valence-electron chi connectivity index (χ2n) is 4.27. The van der Waals surface area contributed by atoms with E-state index in [4.69, 9.17) is 0 Å². The normalized spacial score (nSPS) is 10.1. The van der Waals surface area contributed by atoms with Gasteiger partial charge in [-0.2, -0.15) is 11.8 Å². The van der Waals surface area contributed by atoms with Gasteiger partial charge in [0.2, 0.25) is 5.91 Å². The molecule has 0 aliphatic heterocycles. The second-order valence-corrected chi connectivity index (χ2v) is 5.38. The Bertz CT molecular complexity index is 422. The topological polar surface area (TPSA) is 46.6 Å². The standard InChI is InChI=1S/C15H21NO3S/c1-3-16(11-15(18)19-2)14(17)12-20-10-9-13-7-5-4-6-8-13/h4-8H,3,9-12H2,1-2H3. The second kappa shape index (κ2) is 9.42. The number of amides is 1. The molecule has 0 fully saturated rings. The number of carbonyl (C=O) groups excluding carboxylic acids is 2. The quantitative estimate of drug-likeness (QED) is 0.543. The summed E-state index contributed by atoms with van der Waals surface area (Å²) in [6.45, 7) is 2.41. The highest BCUT2D eigenvalue weighted by Gasteiger charge is 2.15. The predicted octanol–water partition coefficient (Wildman–Crippen LogP) is 1.98. The molecular weight excluding hydrogens is 274 g/mol. The summed E-state index contributed by atoms with van der Waals surface area (Å²) < 4.78 is 4.58. The Morgan fingerprint density at radius 3 is 2.55 bits per heavy atom. The number of esters is 1. The van der Waals surface area contributed by atoms with Crippen LogP contribution in [0.5, 0.6) is 0 Å². The summed E-state index contributed by atoms with van der Waals surface area (Å²) in [5.74, 6) is 0.897. The van der Waals surface area contributed by atoms with Gasteiger partial charge in [0, 0.05) is 6.54 Å². The Balaban J connectivity index is 2.26. The Morgan fingerprint density at radius 1 is 1.25 bits per heavy atom. The molecule has 5 heteroatoms. The molecule has 0 aromatic heterocycles. The number of methoxy groups -OCH3 is 1. The molecule has 1 aromatic rings. The summed E-state index contributed by atoms with van der Waals surface area (Å²) >= 11 is 1.59. The van der Waals surface area contributed by atoms with E-state index in [1.54, 1.807) is 11.8 Å². The van der Waals surface area contributed by atoms with Crippen LogP contribution in [0.3, 0.4) is 0 Å². The van der Waals surface area contributed by atoms with Crippen molar-refractivity contribution in [2.24, 2.45) is 0 Å². The van der Waals surface area contributed by atoms with Gasteiger partial charge in [-0.3, -0.25) is 9.59 Å². The number of aryl methyl sites for hydroxylation is 1. The van der Waals surface area contributed by atoms with Gasteiger partial charge in [-0.25, -0.2) is 0 Å². The lowest BCUT2D eigenvalue weighted by Gasteiger charge is -2.19. The molecule has 0 unspecified atom stereocenters. The Morgan fingerprint density at radius 2 is 1.95 bits per heavy atom. The number of likely N-dealkylation sites (N-methyl/N-ethyl adjacent to an activating group) is 1. The van der Waals surface area contributed by atoms with E-state index in [1.807, 2.05) is 25.1 Å². The monoisotopic (exact) mass is 295 g/mol. The van der Waals surface area contributed by atoms with E-state index >= 15 is 0 Å². The summed E-state index contributed by atoms with van der Waals surface area (Å²) in [7, 11) is 1.33. The van der Waals surface area contributed by atoms with E-state index in [0.717, 1.165) is 12.2 Å². The predicted molar refractivity (Wildman–Crippen MR) is 81.7 cm³/mol. The number of ether oxygens (including phenoxy) is 1. The fraction of sp³-hybridized carbons (Fsp3) is 0.467. The van der Waals surface area contributed by atoms with Crippen LogP contribution in [0.25, 0.3) is 0 Å². The summed E-state index contributed by atoms with van der Waals surface area (Å²) in [6, 6.07) is 10.2. The lowest BCUT2D eigenvalue weighted by atomic mass is 10.2. The Hall–Kier alpha value is -1.49. The van der Waals surface area contributed by atoms with Gasteiger partial charge in [0.25, 0.3) is 0 Å². The molecule has 1 rings (SSSR count). The highest BCUT2D eigenvalue weighted by molar-refractivity contribution is 7.99. The van der Waals surface area contributed by atoms with Crippen molar-refractivity contribution in [2.75, 3.05) is 31.7 Å². The lowest BCUT2D eigenvalue weighted by molar-refractivity contribution is -0.146. The van der Waals surface area contributed by atoms with Crippen molar-refractivity contribution in [3.05, 3.63) is 35.9 Å². The number of nitrogens with zero attached hydrogens (tertiary/aromatic N) is 1. The molecule has 0 radical (unpaired) electrons. The molecule has 0 bridgehead atoms. The minimum absolute atomic E-state index is 0.0176. The van der Waals surface area contributed by atoms with Crippen molar-refractivity contribution >= 4 is 23.6 Å². The van der Waals surface area contributed by atoms with Gasteiger partial charge >= 0.3 is 5.97 Å². The van der Waals surface area contributed by atoms with E-state index in [0.29, 0.717) is 12.3 Å². The minimum atomic E-state index is -0.380. The molecule has 0 heterocycles. The zero-order valence-corrected chi connectivity index (χ0v) is 12.8. The van der Waals surface area contributed by atoms with Gasteiger partial charge in [0.15, 0.2) is 0 Å². The van der Waals surface area contributed by atoms with Crippen LogP contribution in [-0.4, -0.2) is 48.5 Å². The number of hydrogen-bond acceptors (Lipinski definition) is 4. The maximum atomic E-state index is 11.9. The molecular formula is C15H21NO3S. The molecule has 0 spiro atoms. The molecule has 0 aliphatic carbocycles. The van der Waals surface area contributed by atoms with Crippen molar-refractivity contribution in [2.45, 2.75) is 13.3 Å². The average Bonchev–Trinajstić information content (AvgIpc) is 2.49. The van der Waals surface area contributed by atoms with Crippen LogP contribution in [0.4, 0.5) is 0 Å². The van der Waals surface area contributed by atoms with E-state index < -0.39 is 0 Å². The zero-order chi connectivity index (χ0) is 14.8. The van der Waals surface area contributed by atoms with Crippen LogP contribution >= 0.6 is 11.8 Å². The summed E-state index contributed by atoms with van der Waals surface area (Å²) in [5.41, 5.74) is 1.27. The van der Waals surface area contributed by atoms with Crippen LogP contribution < -0.4 is 0 Å². The van der Waals surface area contributed by atoms with Crippen LogP contribution in [0.2, 0.25) is 0 Å². The number of carbonyl (C=O) groups is 2. The molecule has 1 amide bonds. The van der Waals surface area contributed by atoms with E-state index in [-0.39, 0.29) is 18.4 Å². The van der Waals surface area contributed by atoms with Crippen molar-refractivity contribution in [3.8, 4) is 0 Å². The highest BCUT2D eigenvalue weighted by Crippen LogP contribution is 2.08. The van der Waals surface area contributed by atoms with Crippen LogP contribution in [0.15, 0.2) is 30.3 Å². The number of thioether (sulfide) groups is 1. The van der Waals surface area contributed by atoms with Gasteiger partial charge in [-0.15, -0.1) is 0 Å². The molecule has 4 nitrogen and oxygen atoms in total. The molecule has 1 aromatic carbocycles. The average molecular weight is 295 g/mol. The third kappa shape index (κ3) is 6.10. The first-order valence-corrected chi connectivity index (χ1v) is 7.79. The summed E-state index contributed by atoms with van der Waals surface area (Å²) in [6.07, 6.45) is 0.946. The fourth-order valence-corrected chi connectivity index (χ4v) is 2.56. The van der Waals surface area contributed by atoms with E-state index in [2.05, 4.69) is 16.9 Å². The molecule has 0 aliphatic rings. The van der Waals surface area contributed by atoms with Crippen molar-refractivity contribution < 1.29 is 14.3 Å². The SMILES string of the molecule is CCN(CC(=O)OC)C(=O)CSCCc1ccccc1. The lowest BCUT2D eigenvalue weighted by Crippen LogP contribution is -2.37. The third-order valence-corrected chi connectivity index (χ3v) is 3.83. The van der Waals surface area contributed by atoms with E-state index in [9.17, 15) is 9.59 Å². The van der Waals surface area contributed by atoms with E-state index in [1.165, 1.54) is 17.6 Å². The van der Waals surface area contributed by atoms with Crippen molar-refractivity contribution in [3.63, 3.8) is 0 Å². The Labute approximate surface area is 124 Å². The van der Waals surface area contributed by atoms with Gasteiger partial charge in [-0.1, -0.05) is 30.3 Å². The first-order valence-electron chi connectivity index (χ1n) is 6.63. The van der Waals surface area contributed by atoms with Crippen molar-refractivity contribution in [1.29, 1.82) is 0 Å². The molecule has 0 N–H and O–H groups in total. The van der Waals surface area contributed by atoms with Gasteiger partial charge in [0.05, 0.1) is 12.9 Å². The molecule has 0 saturated carbocycles. The third-order valence-electron chi connectivity index (χ3n) is 2.89. The molecule has 110 valence electrons.